The van der Waals surface area contributed by atoms with E-state index in [1.54, 1.807) is 32.2 Å². The van der Waals surface area contributed by atoms with Crippen LogP contribution in [-0.2, 0) is 14.3 Å². The van der Waals surface area contributed by atoms with Crippen LogP contribution >= 0.6 is 0 Å². The van der Waals surface area contributed by atoms with E-state index < -0.39 is 11.8 Å². The molecule has 1 atom stereocenters. The molecule has 2 amide bonds. The summed E-state index contributed by atoms with van der Waals surface area (Å²) in [4.78, 5) is 23.4. The molecule has 0 aliphatic carbocycles. The predicted molar refractivity (Wildman–Crippen MR) is 81.0 cm³/mol. The molecule has 0 radical (unpaired) electrons. The molecule has 7 nitrogen and oxygen atoms in total. The Bertz CT molecular complexity index is 519. The van der Waals surface area contributed by atoms with Crippen LogP contribution in [0.4, 0.5) is 0 Å². The van der Waals surface area contributed by atoms with Crippen LogP contribution in [0.5, 0.6) is 11.5 Å². The summed E-state index contributed by atoms with van der Waals surface area (Å²) in [7, 11) is 4.60. The Morgan fingerprint density at radius 2 is 1.77 bits per heavy atom. The van der Waals surface area contributed by atoms with E-state index in [9.17, 15) is 9.59 Å². The first kappa shape index (κ1) is 17.8. The molecule has 122 valence electrons. The Morgan fingerprint density at radius 1 is 1.09 bits per heavy atom. The number of rotatable bonds is 7. The second-order valence-corrected chi connectivity index (χ2v) is 4.56. The Hall–Kier alpha value is -2.28. The van der Waals surface area contributed by atoms with Crippen molar-refractivity contribution in [3.63, 3.8) is 0 Å². The molecule has 1 unspecified atom stereocenters. The fraction of sp³-hybridized carbons (Fsp3) is 0.467. The zero-order valence-electron chi connectivity index (χ0n) is 13.3. The van der Waals surface area contributed by atoms with E-state index in [4.69, 9.17) is 14.2 Å². The van der Waals surface area contributed by atoms with Crippen LogP contribution in [0.25, 0.3) is 0 Å². The van der Waals surface area contributed by atoms with Gasteiger partial charge in [-0.15, -0.1) is 0 Å². The Kier molecular flexibility index (Phi) is 7.18. The van der Waals surface area contributed by atoms with Crippen molar-refractivity contribution in [3.05, 3.63) is 23.8 Å². The summed E-state index contributed by atoms with van der Waals surface area (Å²) in [5.41, 5.74) is 0.802. The summed E-state index contributed by atoms with van der Waals surface area (Å²) in [5.74, 6) is -0.226. The summed E-state index contributed by atoms with van der Waals surface area (Å²) >= 11 is 0. The normalized spacial score (nSPS) is 11.5. The van der Waals surface area contributed by atoms with Gasteiger partial charge in [0, 0.05) is 13.7 Å². The van der Waals surface area contributed by atoms with Gasteiger partial charge in [-0.3, -0.25) is 9.59 Å². The van der Waals surface area contributed by atoms with E-state index in [1.807, 2.05) is 0 Å². The summed E-state index contributed by atoms with van der Waals surface area (Å²) in [6.45, 7) is 2.42. The highest BCUT2D eigenvalue weighted by Crippen LogP contribution is 2.29. The van der Waals surface area contributed by atoms with Gasteiger partial charge in [0.1, 0.15) is 0 Å². The second-order valence-electron chi connectivity index (χ2n) is 4.56. The van der Waals surface area contributed by atoms with Crippen molar-refractivity contribution in [2.75, 3.05) is 34.5 Å². The van der Waals surface area contributed by atoms with Crippen molar-refractivity contribution in [1.82, 2.24) is 10.6 Å². The van der Waals surface area contributed by atoms with Gasteiger partial charge < -0.3 is 24.8 Å². The zero-order chi connectivity index (χ0) is 16.5. The van der Waals surface area contributed by atoms with Crippen LogP contribution in [0, 0.1) is 0 Å². The fourth-order valence-electron chi connectivity index (χ4n) is 1.81. The predicted octanol–water partition coefficient (Wildman–Crippen LogP) is 0.644. The molecule has 0 heterocycles. The third-order valence-corrected chi connectivity index (χ3v) is 3.05. The first-order valence-corrected chi connectivity index (χ1v) is 6.83. The van der Waals surface area contributed by atoms with Gasteiger partial charge in [0.15, 0.2) is 11.5 Å². The quantitative estimate of drug-likeness (QED) is 0.570. The number of hydrogen-bond donors (Lipinski definition) is 2. The Morgan fingerprint density at radius 3 is 2.36 bits per heavy atom. The molecular weight excluding hydrogens is 288 g/mol. The second kappa shape index (κ2) is 8.89. The molecule has 0 aliphatic heterocycles. The molecule has 22 heavy (non-hydrogen) atoms. The number of benzene rings is 1. The molecular formula is C15H22N2O5. The van der Waals surface area contributed by atoms with Gasteiger partial charge in [0.2, 0.25) is 0 Å². The molecule has 2 N–H and O–H groups in total. The minimum absolute atomic E-state index is 0.285. The molecule has 0 saturated carbocycles. The van der Waals surface area contributed by atoms with Crippen molar-refractivity contribution in [2.45, 2.75) is 13.0 Å². The lowest BCUT2D eigenvalue weighted by molar-refractivity contribution is -0.139. The lowest BCUT2D eigenvalue weighted by atomic mass is 10.1. The molecule has 0 aromatic heterocycles. The van der Waals surface area contributed by atoms with E-state index >= 15 is 0 Å². The molecule has 1 aromatic rings. The number of amides is 2. The van der Waals surface area contributed by atoms with Crippen LogP contribution in [0.3, 0.4) is 0 Å². The van der Waals surface area contributed by atoms with Gasteiger partial charge in [-0.05, 0) is 24.6 Å². The van der Waals surface area contributed by atoms with E-state index in [-0.39, 0.29) is 12.6 Å². The lowest BCUT2D eigenvalue weighted by Gasteiger charge is -2.16. The van der Waals surface area contributed by atoms with Crippen molar-refractivity contribution >= 4 is 11.8 Å². The molecule has 7 heteroatoms. The minimum atomic E-state index is -0.696. The Balaban J connectivity index is 2.66. The highest BCUT2D eigenvalue weighted by atomic mass is 16.5. The third-order valence-electron chi connectivity index (χ3n) is 3.05. The Labute approximate surface area is 129 Å². The van der Waals surface area contributed by atoms with E-state index in [2.05, 4.69) is 10.6 Å². The van der Waals surface area contributed by atoms with Crippen LogP contribution in [0.1, 0.15) is 18.5 Å². The first-order chi connectivity index (χ1) is 10.5. The average Bonchev–Trinajstić information content (AvgIpc) is 2.53. The minimum Gasteiger partial charge on any atom is -0.493 e. The van der Waals surface area contributed by atoms with Crippen LogP contribution < -0.4 is 20.1 Å². The number of nitrogens with one attached hydrogen (secondary N) is 2. The zero-order valence-corrected chi connectivity index (χ0v) is 13.3. The smallest absolute Gasteiger partial charge is 0.309 e. The topological polar surface area (TPSA) is 85.9 Å². The van der Waals surface area contributed by atoms with Gasteiger partial charge in [-0.25, -0.2) is 0 Å². The molecule has 0 aliphatic rings. The SMILES string of the molecule is COCCNC(=O)C(=O)NC(C)c1ccc(OC)c(OC)c1. The van der Waals surface area contributed by atoms with Crippen molar-refractivity contribution in [1.29, 1.82) is 0 Å². The van der Waals surface area contributed by atoms with Crippen LogP contribution in [0.15, 0.2) is 18.2 Å². The van der Waals surface area contributed by atoms with E-state index in [1.165, 1.54) is 14.2 Å². The molecule has 0 spiro atoms. The average molecular weight is 310 g/mol. The van der Waals surface area contributed by atoms with E-state index in [0.29, 0.717) is 18.1 Å². The fourth-order valence-corrected chi connectivity index (χ4v) is 1.81. The molecule has 0 bridgehead atoms. The number of ether oxygens (including phenoxy) is 3. The maximum Gasteiger partial charge on any atom is 0.309 e. The number of carbonyl (C=O) groups excluding carboxylic acids is 2. The maximum atomic E-state index is 11.8. The number of carbonyl (C=O) groups is 2. The molecule has 1 aromatic carbocycles. The monoisotopic (exact) mass is 310 g/mol. The largest absolute Gasteiger partial charge is 0.493 e. The summed E-state index contributed by atoms with van der Waals surface area (Å²) < 4.78 is 15.2. The van der Waals surface area contributed by atoms with Crippen molar-refractivity contribution < 1.29 is 23.8 Å². The summed E-state index contributed by atoms with van der Waals surface area (Å²) in [5, 5.41) is 5.08. The standard InChI is InChI=1S/C15H22N2O5/c1-10(17-15(19)14(18)16-7-8-20-2)11-5-6-12(21-3)13(9-11)22-4/h5-6,9-10H,7-8H2,1-4H3,(H,16,18)(H,17,19). The molecule has 0 fully saturated rings. The van der Waals surface area contributed by atoms with Crippen LogP contribution in [0.2, 0.25) is 0 Å². The van der Waals surface area contributed by atoms with Gasteiger partial charge >= 0.3 is 11.8 Å². The highest BCUT2D eigenvalue weighted by Gasteiger charge is 2.17. The maximum absolute atomic E-state index is 11.8. The first-order valence-electron chi connectivity index (χ1n) is 6.83. The van der Waals surface area contributed by atoms with Gasteiger partial charge in [-0.1, -0.05) is 6.07 Å². The van der Waals surface area contributed by atoms with Gasteiger partial charge in [0.25, 0.3) is 0 Å². The van der Waals surface area contributed by atoms with E-state index in [0.717, 1.165) is 5.56 Å². The summed E-state index contributed by atoms with van der Waals surface area (Å²) in [6.07, 6.45) is 0. The lowest BCUT2D eigenvalue weighted by Crippen LogP contribution is -2.41. The number of methoxy groups -OCH3 is 3. The molecule has 1 rings (SSSR count). The number of hydrogen-bond acceptors (Lipinski definition) is 5. The molecule has 0 saturated heterocycles. The van der Waals surface area contributed by atoms with Crippen molar-refractivity contribution in [3.8, 4) is 11.5 Å². The highest BCUT2D eigenvalue weighted by molar-refractivity contribution is 6.35. The van der Waals surface area contributed by atoms with Gasteiger partial charge in [-0.2, -0.15) is 0 Å². The van der Waals surface area contributed by atoms with Crippen LogP contribution in [-0.4, -0.2) is 46.3 Å². The van der Waals surface area contributed by atoms with Crippen molar-refractivity contribution in [2.24, 2.45) is 0 Å². The van der Waals surface area contributed by atoms with Gasteiger partial charge in [0.05, 0.1) is 26.9 Å². The summed E-state index contributed by atoms with van der Waals surface area (Å²) in [6, 6.07) is 4.96. The third kappa shape index (κ3) is 4.92.